The number of halogens is 1. The maximum absolute atomic E-state index is 6.52. The van der Waals surface area contributed by atoms with Crippen LogP contribution in [0.4, 0.5) is 0 Å². The van der Waals surface area contributed by atoms with Crippen LogP contribution in [0.1, 0.15) is 4.88 Å². The van der Waals surface area contributed by atoms with Crippen LogP contribution in [0.25, 0.3) is 10.1 Å². The highest BCUT2D eigenvalue weighted by molar-refractivity contribution is 7.19. The SMILES string of the molecule is CN(CCN1CCNCC1)Cc1sc2ccccc2c1Cl. The topological polar surface area (TPSA) is 18.5 Å². The number of hydrogen-bond acceptors (Lipinski definition) is 4. The monoisotopic (exact) mass is 323 g/mol. The van der Waals surface area contributed by atoms with Gasteiger partial charge in [0.15, 0.2) is 0 Å². The molecule has 0 saturated carbocycles. The molecule has 1 N–H and O–H groups in total. The zero-order valence-corrected chi connectivity index (χ0v) is 14.0. The van der Waals surface area contributed by atoms with E-state index in [2.05, 4.69) is 46.4 Å². The highest BCUT2D eigenvalue weighted by Crippen LogP contribution is 2.35. The van der Waals surface area contributed by atoms with Gasteiger partial charge < -0.3 is 5.32 Å². The van der Waals surface area contributed by atoms with Gasteiger partial charge in [0.1, 0.15) is 0 Å². The molecule has 3 rings (SSSR count). The number of nitrogens with one attached hydrogen (secondary N) is 1. The molecule has 0 unspecified atom stereocenters. The van der Waals surface area contributed by atoms with E-state index in [1.165, 1.54) is 15.0 Å². The molecule has 0 bridgehead atoms. The van der Waals surface area contributed by atoms with Crippen LogP contribution < -0.4 is 5.32 Å². The lowest BCUT2D eigenvalue weighted by atomic mass is 10.2. The van der Waals surface area contributed by atoms with Gasteiger partial charge in [-0.15, -0.1) is 11.3 Å². The van der Waals surface area contributed by atoms with Crippen LogP contribution in [0.2, 0.25) is 5.02 Å². The standard InChI is InChI=1S/C16H22ClN3S/c1-19(10-11-20-8-6-18-7-9-20)12-15-16(17)13-4-2-3-5-14(13)21-15/h2-5,18H,6-12H2,1H3. The van der Waals surface area contributed by atoms with Gasteiger partial charge in [-0.2, -0.15) is 0 Å². The van der Waals surface area contributed by atoms with E-state index in [9.17, 15) is 0 Å². The van der Waals surface area contributed by atoms with Crippen LogP contribution in [-0.4, -0.2) is 56.1 Å². The summed E-state index contributed by atoms with van der Waals surface area (Å²) in [7, 11) is 2.18. The van der Waals surface area contributed by atoms with E-state index in [-0.39, 0.29) is 0 Å². The average molecular weight is 324 g/mol. The van der Waals surface area contributed by atoms with Crippen molar-refractivity contribution in [3.05, 3.63) is 34.2 Å². The van der Waals surface area contributed by atoms with Crippen LogP contribution in [0.3, 0.4) is 0 Å². The van der Waals surface area contributed by atoms with Crippen LogP contribution in [0.15, 0.2) is 24.3 Å². The normalized spacial score (nSPS) is 16.9. The number of nitrogens with zero attached hydrogens (tertiary/aromatic N) is 2. The van der Waals surface area contributed by atoms with Crippen molar-refractivity contribution in [3.8, 4) is 0 Å². The first-order chi connectivity index (χ1) is 10.2. The van der Waals surface area contributed by atoms with Crippen molar-refractivity contribution in [2.75, 3.05) is 46.3 Å². The lowest BCUT2D eigenvalue weighted by Gasteiger charge is -2.29. The summed E-state index contributed by atoms with van der Waals surface area (Å²) in [5, 5.41) is 5.52. The molecule has 114 valence electrons. The number of piperazine rings is 1. The summed E-state index contributed by atoms with van der Waals surface area (Å²) in [6.07, 6.45) is 0. The molecule has 2 aromatic rings. The van der Waals surface area contributed by atoms with Crippen molar-refractivity contribution in [1.82, 2.24) is 15.1 Å². The molecule has 1 aliphatic rings. The van der Waals surface area contributed by atoms with E-state index in [4.69, 9.17) is 11.6 Å². The fourth-order valence-corrected chi connectivity index (χ4v) is 4.31. The molecule has 21 heavy (non-hydrogen) atoms. The van der Waals surface area contributed by atoms with Crippen molar-refractivity contribution in [2.24, 2.45) is 0 Å². The molecule has 3 nitrogen and oxygen atoms in total. The van der Waals surface area contributed by atoms with Gasteiger partial charge in [-0.1, -0.05) is 29.8 Å². The highest BCUT2D eigenvalue weighted by Gasteiger charge is 2.13. The van der Waals surface area contributed by atoms with E-state index < -0.39 is 0 Å². The van der Waals surface area contributed by atoms with E-state index in [0.29, 0.717) is 0 Å². The zero-order chi connectivity index (χ0) is 14.7. The maximum atomic E-state index is 6.52. The summed E-state index contributed by atoms with van der Waals surface area (Å²) >= 11 is 8.33. The minimum Gasteiger partial charge on any atom is -0.314 e. The highest BCUT2D eigenvalue weighted by atomic mass is 35.5. The Morgan fingerprint density at radius 1 is 1.29 bits per heavy atom. The summed E-state index contributed by atoms with van der Waals surface area (Å²) in [5.41, 5.74) is 0. The predicted molar refractivity (Wildman–Crippen MR) is 92.5 cm³/mol. The van der Waals surface area contributed by atoms with E-state index in [0.717, 1.165) is 50.8 Å². The molecule has 1 saturated heterocycles. The third-order valence-corrected chi connectivity index (χ3v) is 5.72. The first-order valence-corrected chi connectivity index (χ1v) is 8.71. The Morgan fingerprint density at radius 2 is 2.05 bits per heavy atom. The smallest absolute Gasteiger partial charge is 0.0637 e. The lowest BCUT2D eigenvalue weighted by molar-refractivity contribution is 0.203. The minimum atomic E-state index is 0.935. The number of hydrogen-bond donors (Lipinski definition) is 1. The summed E-state index contributed by atoms with van der Waals surface area (Å²) in [6.45, 7) is 7.72. The fraction of sp³-hybridized carbons (Fsp3) is 0.500. The number of benzene rings is 1. The van der Waals surface area contributed by atoms with Crippen molar-refractivity contribution in [3.63, 3.8) is 0 Å². The Morgan fingerprint density at radius 3 is 2.81 bits per heavy atom. The summed E-state index contributed by atoms with van der Waals surface area (Å²) < 4.78 is 1.29. The third kappa shape index (κ3) is 3.76. The lowest BCUT2D eigenvalue weighted by Crippen LogP contribution is -2.45. The Bertz CT molecular complexity index is 592. The molecule has 0 atom stereocenters. The van der Waals surface area contributed by atoms with Crippen molar-refractivity contribution >= 4 is 33.0 Å². The van der Waals surface area contributed by atoms with Crippen LogP contribution in [0, 0.1) is 0 Å². The number of rotatable bonds is 5. The minimum absolute atomic E-state index is 0.935. The van der Waals surface area contributed by atoms with Gasteiger partial charge in [-0.25, -0.2) is 0 Å². The Kier molecular flexibility index (Phi) is 5.14. The van der Waals surface area contributed by atoms with Crippen LogP contribution >= 0.6 is 22.9 Å². The number of thiophene rings is 1. The molecular weight excluding hydrogens is 302 g/mol. The second kappa shape index (κ2) is 7.07. The molecule has 0 spiro atoms. The van der Waals surface area contributed by atoms with Crippen molar-refractivity contribution < 1.29 is 0 Å². The largest absolute Gasteiger partial charge is 0.314 e. The zero-order valence-electron chi connectivity index (χ0n) is 12.4. The van der Waals surface area contributed by atoms with Crippen molar-refractivity contribution in [2.45, 2.75) is 6.54 Å². The summed E-state index contributed by atoms with van der Waals surface area (Å²) in [6, 6.07) is 8.39. The quantitative estimate of drug-likeness (QED) is 0.912. The molecular formula is C16H22ClN3S. The molecule has 1 aromatic carbocycles. The summed E-state index contributed by atoms with van der Waals surface area (Å²) in [5.74, 6) is 0. The van der Waals surface area contributed by atoms with Gasteiger partial charge in [-0.3, -0.25) is 9.80 Å². The molecule has 1 fully saturated rings. The Balaban J connectivity index is 1.58. The van der Waals surface area contributed by atoms with E-state index in [1.807, 2.05) is 11.3 Å². The second-order valence-corrected chi connectivity index (χ2v) is 7.18. The van der Waals surface area contributed by atoms with Gasteiger partial charge in [-0.05, 0) is 13.1 Å². The first-order valence-electron chi connectivity index (χ1n) is 7.51. The van der Waals surface area contributed by atoms with Gasteiger partial charge in [0.2, 0.25) is 0 Å². The van der Waals surface area contributed by atoms with Gasteiger partial charge >= 0.3 is 0 Å². The van der Waals surface area contributed by atoms with Gasteiger partial charge in [0.05, 0.1) is 5.02 Å². The van der Waals surface area contributed by atoms with Crippen LogP contribution in [-0.2, 0) is 6.54 Å². The average Bonchev–Trinajstić information content (AvgIpc) is 2.83. The van der Waals surface area contributed by atoms with Crippen LogP contribution in [0.5, 0.6) is 0 Å². The summed E-state index contributed by atoms with van der Waals surface area (Å²) in [4.78, 5) is 6.18. The maximum Gasteiger partial charge on any atom is 0.0637 e. The van der Waals surface area contributed by atoms with Gasteiger partial charge in [0, 0.05) is 60.8 Å². The Labute approximate surface area is 135 Å². The first kappa shape index (κ1) is 15.3. The molecule has 1 aliphatic heterocycles. The molecule has 0 amide bonds. The third-order valence-electron chi connectivity index (χ3n) is 4.02. The van der Waals surface area contributed by atoms with E-state index >= 15 is 0 Å². The molecule has 2 heterocycles. The molecule has 5 heteroatoms. The van der Waals surface area contributed by atoms with Gasteiger partial charge in [0.25, 0.3) is 0 Å². The van der Waals surface area contributed by atoms with E-state index in [1.54, 1.807) is 0 Å². The molecule has 0 aliphatic carbocycles. The van der Waals surface area contributed by atoms with Crippen molar-refractivity contribution in [1.29, 1.82) is 0 Å². The predicted octanol–water partition coefficient (Wildman–Crippen LogP) is 2.89. The second-order valence-electron chi connectivity index (χ2n) is 5.66. The number of likely N-dealkylation sites (N-methyl/N-ethyl adjacent to an activating group) is 1. The fourth-order valence-electron chi connectivity index (χ4n) is 2.74. The Hall–Kier alpha value is -0.650. The number of fused-ring (bicyclic) bond motifs is 1. The molecule has 1 aromatic heterocycles. The molecule has 0 radical (unpaired) electrons.